The van der Waals surface area contributed by atoms with E-state index in [0.29, 0.717) is 34.9 Å². The van der Waals surface area contributed by atoms with Gasteiger partial charge in [-0.05, 0) is 43.5 Å². The van der Waals surface area contributed by atoms with Crippen LogP contribution in [0.2, 0.25) is 5.02 Å². The molecule has 2 rings (SSSR count). The third kappa shape index (κ3) is 5.88. The Morgan fingerprint density at radius 1 is 1.24 bits per heavy atom. The van der Waals surface area contributed by atoms with Crippen molar-refractivity contribution in [2.45, 2.75) is 50.7 Å². The van der Waals surface area contributed by atoms with E-state index in [9.17, 15) is 14.9 Å². The molecule has 7 nitrogen and oxygen atoms in total. The number of nitrogens with one attached hydrogen (secondary N) is 1. The lowest BCUT2D eigenvalue weighted by molar-refractivity contribution is -0.150. The van der Waals surface area contributed by atoms with Crippen LogP contribution >= 0.6 is 11.6 Å². The number of methoxy groups -OCH3 is 2. The highest BCUT2D eigenvalue weighted by Gasteiger charge is 2.35. The van der Waals surface area contributed by atoms with E-state index in [1.807, 2.05) is 0 Å². The number of halogens is 1. The van der Waals surface area contributed by atoms with Crippen LogP contribution in [0.4, 0.5) is 0 Å². The SMILES string of the molecule is COc1cc(/C=C/C(=O)O[C@H](C)C(=O)NC2(C#N)CCCCC2)cc(Cl)c1OC. The normalized spacial score (nSPS) is 16.5. The zero-order valence-electron chi connectivity index (χ0n) is 16.8. The van der Waals surface area contributed by atoms with Crippen LogP contribution in [0.1, 0.15) is 44.6 Å². The van der Waals surface area contributed by atoms with Crippen LogP contribution in [-0.2, 0) is 14.3 Å². The Balaban J connectivity index is 1.98. The van der Waals surface area contributed by atoms with Crippen LogP contribution in [0.15, 0.2) is 18.2 Å². The molecule has 1 saturated carbocycles. The Morgan fingerprint density at radius 3 is 2.52 bits per heavy atom. The summed E-state index contributed by atoms with van der Waals surface area (Å²) in [7, 11) is 2.96. The summed E-state index contributed by atoms with van der Waals surface area (Å²) in [5.74, 6) is -0.346. The molecule has 1 aliphatic carbocycles. The van der Waals surface area contributed by atoms with Gasteiger partial charge in [0.25, 0.3) is 5.91 Å². The Bertz CT molecular complexity index is 825. The van der Waals surface area contributed by atoms with E-state index in [4.69, 9.17) is 25.8 Å². The maximum atomic E-state index is 12.4. The van der Waals surface area contributed by atoms with Gasteiger partial charge >= 0.3 is 5.97 Å². The summed E-state index contributed by atoms with van der Waals surface area (Å²) in [6.07, 6.45) is 5.71. The monoisotopic (exact) mass is 420 g/mol. The van der Waals surface area contributed by atoms with E-state index in [1.165, 1.54) is 33.3 Å². The quantitative estimate of drug-likeness (QED) is 0.534. The highest BCUT2D eigenvalue weighted by Crippen LogP contribution is 2.36. The lowest BCUT2D eigenvalue weighted by Crippen LogP contribution is -2.52. The molecular formula is C21H25ClN2O5. The summed E-state index contributed by atoms with van der Waals surface area (Å²) in [4.78, 5) is 24.5. The molecule has 1 fully saturated rings. The van der Waals surface area contributed by atoms with Crippen molar-refractivity contribution in [3.05, 3.63) is 28.8 Å². The van der Waals surface area contributed by atoms with Crippen molar-refractivity contribution in [1.29, 1.82) is 5.26 Å². The molecule has 0 heterocycles. The molecule has 0 aliphatic heterocycles. The first kappa shape index (κ1) is 22.6. The average molecular weight is 421 g/mol. The fraction of sp³-hybridized carbons (Fsp3) is 0.476. The number of amides is 1. The molecular weight excluding hydrogens is 396 g/mol. The number of benzene rings is 1. The highest BCUT2D eigenvalue weighted by molar-refractivity contribution is 6.32. The smallest absolute Gasteiger partial charge is 0.331 e. The van der Waals surface area contributed by atoms with Crippen molar-refractivity contribution in [2.24, 2.45) is 0 Å². The van der Waals surface area contributed by atoms with Crippen molar-refractivity contribution in [3.63, 3.8) is 0 Å². The molecule has 156 valence electrons. The lowest BCUT2D eigenvalue weighted by Gasteiger charge is -2.32. The van der Waals surface area contributed by atoms with E-state index >= 15 is 0 Å². The Labute approximate surface area is 175 Å². The topological polar surface area (TPSA) is 97.6 Å². The van der Waals surface area contributed by atoms with Crippen LogP contribution in [0.25, 0.3) is 6.08 Å². The van der Waals surface area contributed by atoms with E-state index in [0.717, 1.165) is 19.3 Å². The number of hydrogen-bond acceptors (Lipinski definition) is 6. The first-order chi connectivity index (χ1) is 13.8. The summed E-state index contributed by atoms with van der Waals surface area (Å²) >= 11 is 6.14. The van der Waals surface area contributed by atoms with Gasteiger partial charge in [0.1, 0.15) is 5.54 Å². The summed E-state index contributed by atoms with van der Waals surface area (Å²) in [6, 6.07) is 5.48. The molecule has 0 unspecified atom stereocenters. The van der Waals surface area contributed by atoms with Crippen molar-refractivity contribution in [2.75, 3.05) is 14.2 Å². The van der Waals surface area contributed by atoms with Crippen LogP contribution in [0.5, 0.6) is 11.5 Å². The van der Waals surface area contributed by atoms with Crippen LogP contribution < -0.4 is 14.8 Å². The number of hydrogen-bond donors (Lipinski definition) is 1. The second-order valence-corrected chi connectivity index (χ2v) is 7.30. The molecule has 1 N–H and O–H groups in total. The molecule has 1 aliphatic rings. The maximum absolute atomic E-state index is 12.4. The highest BCUT2D eigenvalue weighted by atomic mass is 35.5. The summed E-state index contributed by atoms with van der Waals surface area (Å²) in [6.45, 7) is 1.47. The summed E-state index contributed by atoms with van der Waals surface area (Å²) < 4.78 is 15.5. The molecule has 0 aromatic heterocycles. The van der Waals surface area contributed by atoms with Gasteiger partial charge in [-0.1, -0.05) is 30.9 Å². The van der Waals surface area contributed by atoms with E-state index < -0.39 is 23.5 Å². The first-order valence-electron chi connectivity index (χ1n) is 9.37. The van der Waals surface area contributed by atoms with E-state index in [1.54, 1.807) is 12.1 Å². The minimum atomic E-state index is -1.02. The maximum Gasteiger partial charge on any atom is 0.331 e. The molecule has 1 aromatic rings. The Kier molecular flexibility index (Phi) is 7.91. The van der Waals surface area contributed by atoms with Gasteiger partial charge in [0.2, 0.25) is 0 Å². The fourth-order valence-corrected chi connectivity index (χ4v) is 3.52. The van der Waals surface area contributed by atoms with Gasteiger partial charge in [-0.25, -0.2) is 4.79 Å². The van der Waals surface area contributed by atoms with Gasteiger partial charge in [0, 0.05) is 6.08 Å². The minimum absolute atomic E-state index is 0.335. The van der Waals surface area contributed by atoms with Crippen molar-refractivity contribution in [3.8, 4) is 17.6 Å². The van der Waals surface area contributed by atoms with Gasteiger partial charge in [0.05, 0.1) is 25.3 Å². The zero-order valence-corrected chi connectivity index (χ0v) is 17.5. The van der Waals surface area contributed by atoms with Gasteiger partial charge in [0.15, 0.2) is 17.6 Å². The fourth-order valence-electron chi connectivity index (χ4n) is 3.22. The van der Waals surface area contributed by atoms with Gasteiger partial charge in [-0.15, -0.1) is 0 Å². The molecule has 8 heteroatoms. The van der Waals surface area contributed by atoms with Crippen molar-refractivity contribution >= 4 is 29.6 Å². The second-order valence-electron chi connectivity index (χ2n) is 6.89. The second kappa shape index (κ2) is 10.2. The van der Waals surface area contributed by atoms with Crippen LogP contribution in [0.3, 0.4) is 0 Å². The van der Waals surface area contributed by atoms with Gasteiger partial charge < -0.3 is 19.5 Å². The molecule has 1 amide bonds. The number of carbonyl (C=O) groups excluding carboxylic acids is 2. The summed E-state index contributed by atoms with van der Waals surface area (Å²) in [5, 5.41) is 12.5. The molecule has 0 saturated heterocycles. The van der Waals surface area contributed by atoms with Crippen molar-refractivity contribution < 1.29 is 23.8 Å². The molecule has 0 spiro atoms. The first-order valence-corrected chi connectivity index (χ1v) is 9.75. The predicted octanol–water partition coefficient (Wildman–Crippen LogP) is 3.64. The third-order valence-electron chi connectivity index (χ3n) is 4.81. The lowest BCUT2D eigenvalue weighted by atomic mass is 9.83. The Hall–Kier alpha value is -2.72. The van der Waals surface area contributed by atoms with Gasteiger partial charge in [-0.2, -0.15) is 5.26 Å². The van der Waals surface area contributed by atoms with E-state index in [2.05, 4.69) is 11.4 Å². The molecule has 1 aromatic carbocycles. The third-order valence-corrected chi connectivity index (χ3v) is 5.09. The number of carbonyl (C=O) groups is 2. The number of rotatable bonds is 7. The molecule has 0 radical (unpaired) electrons. The van der Waals surface area contributed by atoms with Gasteiger partial charge in [-0.3, -0.25) is 4.79 Å². The Morgan fingerprint density at radius 2 is 1.93 bits per heavy atom. The molecule has 1 atom stereocenters. The zero-order chi connectivity index (χ0) is 21.4. The largest absolute Gasteiger partial charge is 0.493 e. The van der Waals surface area contributed by atoms with Crippen LogP contribution in [-0.4, -0.2) is 37.7 Å². The molecule has 29 heavy (non-hydrogen) atoms. The predicted molar refractivity (Wildman–Crippen MR) is 109 cm³/mol. The minimum Gasteiger partial charge on any atom is -0.493 e. The number of esters is 1. The number of ether oxygens (including phenoxy) is 3. The number of nitriles is 1. The molecule has 0 bridgehead atoms. The number of nitrogens with zero attached hydrogens (tertiary/aromatic N) is 1. The standard InChI is InChI=1S/C21H25ClN2O5/c1-14(20(26)24-21(13-23)9-5-4-6-10-21)29-18(25)8-7-15-11-16(22)19(28-3)17(12-15)27-2/h7-8,11-12,14H,4-6,9-10H2,1-3H3,(H,24,26)/b8-7+/t14-/m1/s1. The van der Waals surface area contributed by atoms with Crippen LogP contribution in [0, 0.1) is 11.3 Å². The average Bonchev–Trinajstić information content (AvgIpc) is 2.72. The van der Waals surface area contributed by atoms with E-state index in [-0.39, 0.29) is 0 Å². The van der Waals surface area contributed by atoms with Crippen molar-refractivity contribution in [1.82, 2.24) is 5.32 Å². The summed E-state index contributed by atoms with van der Waals surface area (Å²) in [5.41, 5.74) is -0.269.